The van der Waals surface area contributed by atoms with Crippen LogP contribution in [-0.4, -0.2) is 55.1 Å². The van der Waals surface area contributed by atoms with Crippen LogP contribution in [0.3, 0.4) is 0 Å². The SMILES string of the molecule is COc1cc2c(Oc3ccc(N(CCc4cccnc4)C(=O)C(N)=O)cc3F)ccnc2cc1OCC1CCNCC1. The highest BCUT2D eigenvalue weighted by Gasteiger charge is 2.23. The van der Waals surface area contributed by atoms with Gasteiger partial charge in [0.2, 0.25) is 0 Å². The lowest BCUT2D eigenvalue weighted by atomic mass is 9.99. The number of nitrogens with two attached hydrogens (primary N) is 1. The van der Waals surface area contributed by atoms with Crippen LogP contribution < -0.4 is 30.2 Å². The van der Waals surface area contributed by atoms with E-state index >= 15 is 4.39 Å². The van der Waals surface area contributed by atoms with Gasteiger partial charge in [-0.15, -0.1) is 0 Å². The number of anilines is 1. The number of nitrogens with one attached hydrogen (secondary N) is 1. The highest BCUT2D eigenvalue weighted by molar-refractivity contribution is 6.39. The summed E-state index contributed by atoms with van der Waals surface area (Å²) in [7, 11) is 1.56. The lowest BCUT2D eigenvalue weighted by Crippen LogP contribution is -2.41. The van der Waals surface area contributed by atoms with E-state index in [0.717, 1.165) is 42.5 Å². The minimum absolute atomic E-state index is 0.0739. The van der Waals surface area contributed by atoms with Gasteiger partial charge in [0.1, 0.15) is 5.75 Å². The van der Waals surface area contributed by atoms with Crippen molar-refractivity contribution in [3.63, 3.8) is 0 Å². The second-order valence-electron chi connectivity index (χ2n) is 9.98. The minimum Gasteiger partial charge on any atom is -0.493 e. The van der Waals surface area contributed by atoms with Crippen LogP contribution in [0, 0.1) is 11.7 Å². The number of amides is 2. The Labute approximate surface area is 242 Å². The number of carbonyl (C=O) groups excluding carboxylic acids is 2. The Morgan fingerprint density at radius 3 is 2.60 bits per heavy atom. The topological polar surface area (TPSA) is 129 Å². The summed E-state index contributed by atoms with van der Waals surface area (Å²) >= 11 is 0. The van der Waals surface area contributed by atoms with Gasteiger partial charge in [0.25, 0.3) is 0 Å². The molecule has 3 heterocycles. The number of rotatable bonds is 10. The first kappa shape index (κ1) is 28.7. The summed E-state index contributed by atoms with van der Waals surface area (Å²) < 4.78 is 33.0. The normalized spacial score (nSPS) is 13.5. The van der Waals surface area contributed by atoms with Gasteiger partial charge >= 0.3 is 11.8 Å². The van der Waals surface area contributed by atoms with Gasteiger partial charge in [0, 0.05) is 48.3 Å². The number of carbonyl (C=O) groups is 2. The number of halogens is 1. The van der Waals surface area contributed by atoms with Crippen LogP contribution in [0.5, 0.6) is 23.0 Å². The molecule has 2 amide bonds. The molecule has 10 nitrogen and oxygen atoms in total. The monoisotopic (exact) mass is 573 g/mol. The molecule has 0 aliphatic carbocycles. The van der Waals surface area contributed by atoms with Crippen LogP contribution in [0.25, 0.3) is 10.9 Å². The van der Waals surface area contributed by atoms with Gasteiger partial charge in [-0.3, -0.25) is 19.6 Å². The smallest absolute Gasteiger partial charge is 0.316 e. The summed E-state index contributed by atoms with van der Waals surface area (Å²) in [6.45, 7) is 2.64. The van der Waals surface area contributed by atoms with Crippen molar-refractivity contribution in [2.75, 3.05) is 38.3 Å². The minimum atomic E-state index is -1.14. The molecule has 0 spiro atoms. The highest BCUT2D eigenvalue weighted by Crippen LogP contribution is 2.38. The molecule has 1 fully saturated rings. The van der Waals surface area contributed by atoms with Crippen LogP contribution in [0.4, 0.5) is 10.1 Å². The van der Waals surface area contributed by atoms with Crippen LogP contribution >= 0.6 is 0 Å². The highest BCUT2D eigenvalue weighted by atomic mass is 19.1. The summed E-state index contributed by atoms with van der Waals surface area (Å²) in [6.07, 6.45) is 7.35. The molecule has 42 heavy (non-hydrogen) atoms. The molecule has 218 valence electrons. The molecule has 0 unspecified atom stereocenters. The van der Waals surface area contributed by atoms with Crippen molar-refractivity contribution in [3.8, 4) is 23.0 Å². The largest absolute Gasteiger partial charge is 0.493 e. The van der Waals surface area contributed by atoms with Crippen molar-refractivity contribution < 1.29 is 28.2 Å². The van der Waals surface area contributed by atoms with Gasteiger partial charge in [-0.05, 0) is 74.2 Å². The molecule has 1 aliphatic rings. The molecule has 1 aliphatic heterocycles. The van der Waals surface area contributed by atoms with E-state index in [1.54, 1.807) is 50.0 Å². The fraction of sp³-hybridized carbons (Fsp3) is 0.290. The first-order chi connectivity index (χ1) is 20.4. The lowest BCUT2D eigenvalue weighted by Gasteiger charge is -2.23. The number of aromatic nitrogens is 2. The number of hydrogen-bond donors (Lipinski definition) is 2. The van der Waals surface area contributed by atoms with E-state index in [2.05, 4.69) is 15.3 Å². The van der Waals surface area contributed by atoms with Crippen molar-refractivity contribution in [2.45, 2.75) is 19.3 Å². The summed E-state index contributed by atoms with van der Waals surface area (Å²) in [5.41, 5.74) is 6.88. The zero-order valence-electron chi connectivity index (χ0n) is 23.2. The Morgan fingerprint density at radius 1 is 1.05 bits per heavy atom. The maximum atomic E-state index is 15.4. The van der Waals surface area contributed by atoms with E-state index in [9.17, 15) is 9.59 Å². The maximum Gasteiger partial charge on any atom is 0.316 e. The van der Waals surface area contributed by atoms with E-state index in [4.69, 9.17) is 19.9 Å². The van der Waals surface area contributed by atoms with Crippen LogP contribution in [0.2, 0.25) is 0 Å². The van der Waals surface area contributed by atoms with Crippen LogP contribution in [0.15, 0.2) is 67.1 Å². The zero-order chi connectivity index (χ0) is 29.5. The second-order valence-corrected chi connectivity index (χ2v) is 9.98. The summed E-state index contributed by atoms with van der Waals surface area (Å²) in [4.78, 5) is 33.9. The van der Waals surface area contributed by atoms with E-state index in [1.165, 1.54) is 12.1 Å². The molecule has 0 saturated carbocycles. The number of piperidine rings is 1. The Bertz CT molecular complexity index is 1560. The van der Waals surface area contributed by atoms with Gasteiger partial charge in [-0.2, -0.15) is 0 Å². The zero-order valence-corrected chi connectivity index (χ0v) is 23.2. The van der Waals surface area contributed by atoms with Gasteiger partial charge < -0.3 is 30.2 Å². The Morgan fingerprint density at radius 2 is 1.88 bits per heavy atom. The summed E-state index contributed by atoms with van der Waals surface area (Å²) in [6, 6.07) is 12.8. The molecule has 11 heteroatoms. The molecule has 2 aromatic carbocycles. The third kappa shape index (κ3) is 6.74. The molecular weight excluding hydrogens is 541 g/mol. The molecule has 3 N–H and O–H groups in total. The maximum absolute atomic E-state index is 15.4. The Balaban J connectivity index is 1.36. The third-order valence-electron chi connectivity index (χ3n) is 7.17. The molecule has 0 bridgehead atoms. The van der Waals surface area contributed by atoms with Crippen LogP contribution in [0.1, 0.15) is 18.4 Å². The molecular formula is C31H32FN5O5. The molecule has 0 atom stereocenters. The number of benzene rings is 2. The van der Waals surface area contributed by atoms with Crippen molar-refractivity contribution in [3.05, 3.63) is 78.5 Å². The Kier molecular flexibility index (Phi) is 9.08. The van der Waals surface area contributed by atoms with Crippen molar-refractivity contribution in [2.24, 2.45) is 11.7 Å². The number of methoxy groups -OCH3 is 1. The van der Waals surface area contributed by atoms with Crippen LogP contribution in [-0.2, 0) is 16.0 Å². The van der Waals surface area contributed by atoms with Crippen molar-refractivity contribution in [1.29, 1.82) is 0 Å². The van der Waals surface area contributed by atoms with E-state index < -0.39 is 17.6 Å². The van der Waals surface area contributed by atoms with Crippen molar-refractivity contribution >= 4 is 28.4 Å². The first-order valence-corrected chi connectivity index (χ1v) is 13.7. The third-order valence-corrected chi connectivity index (χ3v) is 7.17. The fourth-order valence-electron chi connectivity index (χ4n) is 4.87. The number of ether oxygens (including phenoxy) is 3. The quantitative estimate of drug-likeness (QED) is 0.273. The number of primary amides is 1. The van der Waals surface area contributed by atoms with E-state index in [-0.39, 0.29) is 18.0 Å². The molecule has 2 aromatic heterocycles. The number of nitrogens with zero attached hydrogens (tertiary/aromatic N) is 3. The number of hydrogen-bond acceptors (Lipinski definition) is 8. The number of fused-ring (bicyclic) bond motifs is 1. The van der Waals surface area contributed by atoms with E-state index in [0.29, 0.717) is 47.1 Å². The predicted octanol–water partition coefficient (Wildman–Crippen LogP) is 4.01. The van der Waals surface area contributed by atoms with Gasteiger partial charge in [0.15, 0.2) is 23.1 Å². The Hall–Kier alpha value is -4.77. The van der Waals surface area contributed by atoms with Crippen molar-refractivity contribution in [1.82, 2.24) is 15.3 Å². The lowest BCUT2D eigenvalue weighted by molar-refractivity contribution is -0.135. The van der Waals surface area contributed by atoms with Gasteiger partial charge in [-0.1, -0.05) is 6.07 Å². The average molecular weight is 574 g/mol. The van der Waals surface area contributed by atoms with E-state index in [1.807, 2.05) is 6.07 Å². The molecule has 1 saturated heterocycles. The first-order valence-electron chi connectivity index (χ1n) is 13.7. The predicted molar refractivity (Wildman–Crippen MR) is 155 cm³/mol. The van der Waals surface area contributed by atoms with Gasteiger partial charge in [0.05, 0.1) is 19.2 Å². The fourth-order valence-corrected chi connectivity index (χ4v) is 4.87. The standard InChI is InChI=1S/C31H32FN5O5/c1-40-28-16-23-25(17-29(28)41-19-21-6-11-34-12-7-21)36-13-8-26(23)42-27-5-4-22(15-24(27)32)37(31(39)30(33)38)14-9-20-3-2-10-35-18-20/h2-5,8,10,13,15-18,21,34H,6-7,9,11-12,14,19H2,1H3,(H2,33,38). The molecule has 0 radical (unpaired) electrons. The number of pyridine rings is 2. The second kappa shape index (κ2) is 13.3. The summed E-state index contributed by atoms with van der Waals surface area (Å²) in [5.74, 6) is -0.976. The van der Waals surface area contributed by atoms with Gasteiger partial charge in [-0.25, -0.2) is 4.39 Å². The average Bonchev–Trinajstić information content (AvgIpc) is 3.01. The summed E-state index contributed by atoms with van der Waals surface area (Å²) in [5, 5.41) is 3.96. The molecule has 4 aromatic rings. The molecule has 5 rings (SSSR count).